The fourth-order valence-corrected chi connectivity index (χ4v) is 1.26. The van der Waals surface area contributed by atoms with Crippen molar-refractivity contribution in [3.05, 3.63) is 29.8 Å². The third-order valence-electron chi connectivity index (χ3n) is 2.39. The van der Waals surface area contributed by atoms with Crippen LogP contribution in [0.3, 0.4) is 0 Å². The molecule has 0 amide bonds. The molecule has 0 aliphatic heterocycles. The van der Waals surface area contributed by atoms with Crippen molar-refractivity contribution in [2.75, 3.05) is 6.61 Å². The highest BCUT2D eigenvalue weighted by Gasteiger charge is 1.99. The summed E-state index contributed by atoms with van der Waals surface area (Å²) >= 11 is 0. The normalized spacial score (nSPS) is 11.9. The first-order chi connectivity index (χ1) is 7.63. The summed E-state index contributed by atoms with van der Waals surface area (Å²) in [6, 6.07) is 7.56. The number of benzene rings is 1. The predicted molar refractivity (Wildman–Crippen MR) is 65.4 cm³/mol. The van der Waals surface area contributed by atoms with E-state index in [4.69, 9.17) is 9.94 Å². The average Bonchev–Trinajstić information content (AvgIpc) is 2.28. The van der Waals surface area contributed by atoms with Crippen LogP contribution < -0.4 is 4.74 Å². The van der Waals surface area contributed by atoms with Gasteiger partial charge in [-0.25, -0.2) is 0 Å². The molecule has 1 rings (SSSR count). The summed E-state index contributed by atoms with van der Waals surface area (Å²) in [4.78, 5) is 0. The maximum atomic E-state index is 8.62. The standard InChI is InChI=1S/C13H19NO2/c1-10(2)8-9-16-13-6-4-12(5-7-13)11(3)14-15/h4-7,10,15H,8-9H2,1-3H3/b14-11+. The molecule has 0 unspecified atom stereocenters. The maximum absolute atomic E-state index is 8.62. The van der Waals surface area contributed by atoms with Gasteiger partial charge in [-0.2, -0.15) is 0 Å². The molecule has 0 saturated heterocycles. The van der Waals surface area contributed by atoms with Crippen LogP contribution in [0.1, 0.15) is 32.8 Å². The van der Waals surface area contributed by atoms with Crippen LogP contribution in [0.5, 0.6) is 5.75 Å². The third kappa shape index (κ3) is 3.93. The van der Waals surface area contributed by atoms with E-state index in [0.29, 0.717) is 11.6 Å². The topological polar surface area (TPSA) is 41.8 Å². The zero-order valence-electron chi connectivity index (χ0n) is 10.1. The van der Waals surface area contributed by atoms with E-state index in [1.807, 2.05) is 24.3 Å². The molecule has 0 atom stereocenters. The number of rotatable bonds is 5. The average molecular weight is 221 g/mol. The lowest BCUT2D eigenvalue weighted by Gasteiger charge is -2.08. The van der Waals surface area contributed by atoms with E-state index < -0.39 is 0 Å². The molecule has 0 spiro atoms. The van der Waals surface area contributed by atoms with Crippen molar-refractivity contribution in [2.24, 2.45) is 11.1 Å². The van der Waals surface area contributed by atoms with Crippen LogP contribution in [-0.4, -0.2) is 17.5 Å². The highest BCUT2D eigenvalue weighted by Crippen LogP contribution is 2.13. The van der Waals surface area contributed by atoms with Gasteiger partial charge in [0.15, 0.2) is 0 Å². The molecule has 0 fully saturated rings. The molecule has 0 saturated carbocycles. The lowest BCUT2D eigenvalue weighted by molar-refractivity contribution is 0.289. The van der Waals surface area contributed by atoms with Crippen LogP contribution in [0, 0.1) is 5.92 Å². The summed E-state index contributed by atoms with van der Waals surface area (Å²) in [6.45, 7) is 6.85. The molecule has 3 heteroatoms. The van der Waals surface area contributed by atoms with Crippen molar-refractivity contribution in [2.45, 2.75) is 27.2 Å². The Morgan fingerprint density at radius 3 is 2.44 bits per heavy atom. The van der Waals surface area contributed by atoms with E-state index in [2.05, 4.69) is 19.0 Å². The van der Waals surface area contributed by atoms with Crippen molar-refractivity contribution in [1.82, 2.24) is 0 Å². The van der Waals surface area contributed by atoms with Gasteiger partial charge >= 0.3 is 0 Å². The number of nitrogens with zero attached hydrogens (tertiary/aromatic N) is 1. The van der Waals surface area contributed by atoms with Crippen molar-refractivity contribution in [1.29, 1.82) is 0 Å². The van der Waals surface area contributed by atoms with Crippen LogP contribution in [0.4, 0.5) is 0 Å². The summed E-state index contributed by atoms with van der Waals surface area (Å²) in [5.41, 5.74) is 1.51. The van der Waals surface area contributed by atoms with Crippen LogP contribution in [0.2, 0.25) is 0 Å². The van der Waals surface area contributed by atoms with Crippen LogP contribution in [0.25, 0.3) is 0 Å². The molecule has 1 N–H and O–H groups in total. The fraction of sp³-hybridized carbons (Fsp3) is 0.462. The maximum Gasteiger partial charge on any atom is 0.119 e. The smallest absolute Gasteiger partial charge is 0.119 e. The van der Waals surface area contributed by atoms with Crippen molar-refractivity contribution in [3.8, 4) is 5.75 Å². The van der Waals surface area contributed by atoms with Gasteiger partial charge in [-0.3, -0.25) is 0 Å². The molecule has 0 aromatic heterocycles. The van der Waals surface area contributed by atoms with E-state index >= 15 is 0 Å². The van der Waals surface area contributed by atoms with Crippen LogP contribution in [-0.2, 0) is 0 Å². The van der Waals surface area contributed by atoms with E-state index in [-0.39, 0.29) is 0 Å². The number of oxime groups is 1. The zero-order chi connectivity index (χ0) is 12.0. The minimum atomic E-state index is 0.605. The first-order valence-corrected chi connectivity index (χ1v) is 5.55. The Bertz CT molecular complexity index is 341. The summed E-state index contributed by atoms with van der Waals surface area (Å²) < 4.78 is 5.58. The van der Waals surface area contributed by atoms with Crippen molar-refractivity contribution >= 4 is 5.71 Å². The molecule has 1 aromatic carbocycles. The Morgan fingerprint density at radius 1 is 1.31 bits per heavy atom. The lowest BCUT2D eigenvalue weighted by atomic mass is 10.1. The first-order valence-electron chi connectivity index (χ1n) is 5.55. The molecule has 0 radical (unpaired) electrons. The number of hydrogen-bond donors (Lipinski definition) is 1. The Kier molecular flexibility index (Phi) is 4.83. The second-order valence-corrected chi connectivity index (χ2v) is 4.24. The van der Waals surface area contributed by atoms with Gasteiger partial charge in [0, 0.05) is 0 Å². The minimum Gasteiger partial charge on any atom is -0.494 e. The molecule has 0 aliphatic rings. The van der Waals surface area contributed by atoms with Gasteiger partial charge in [-0.05, 0) is 49.1 Å². The highest BCUT2D eigenvalue weighted by atomic mass is 16.5. The Morgan fingerprint density at radius 2 is 1.94 bits per heavy atom. The van der Waals surface area contributed by atoms with Crippen molar-refractivity contribution in [3.63, 3.8) is 0 Å². The molecule has 88 valence electrons. The third-order valence-corrected chi connectivity index (χ3v) is 2.39. The molecule has 1 aromatic rings. The first kappa shape index (κ1) is 12.6. The number of ether oxygens (including phenoxy) is 1. The molecule has 16 heavy (non-hydrogen) atoms. The van der Waals surface area contributed by atoms with E-state index in [9.17, 15) is 0 Å². The van der Waals surface area contributed by atoms with E-state index in [1.54, 1.807) is 6.92 Å². The van der Waals surface area contributed by atoms with Gasteiger partial charge in [-0.1, -0.05) is 19.0 Å². The lowest BCUT2D eigenvalue weighted by Crippen LogP contribution is -2.01. The van der Waals surface area contributed by atoms with Gasteiger partial charge in [0.1, 0.15) is 5.75 Å². The molecular weight excluding hydrogens is 202 g/mol. The minimum absolute atomic E-state index is 0.605. The van der Waals surface area contributed by atoms with E-state index in [1.165, 1.54) is 0 Å². The summed E-state index contributed by atoms with van der Waals surface area (Å²) in [5, 5.41) is 11.8. The summed E-state index contributed by atoms with van der Waals surface area (Å²) in [5.74, 6) is 1.51. The summed E-state index contributed by atoms with van der Waals surface area (Å²) in [7, 11) is 0. The Balaban J connectivity index is 2.52. The van der Waals surface area contributed by atoms with Gasteiger partial charge in [0.25, 0.3) is 0 Å². The fourth-order valence-electron chi connectivity index (χ4n) is 1.26. The molecule has 3 nitrogen and oxygen atoms in total. The summed E-state index contributed by atoms with van der Waals surface area (Å²) in [6.07, 6.45) is 1.05. The van der Waals surface area contributed by atoms with Gasteiger partial charge in [-0.15, -0.1) is 0 Å². The molecule has 0 bridgehead atoms. The van der Waals surface area contributed by atoms with Crippen LogP contribution >= 0.6 is 0 Å². The highest BCUT2D eigenvalue weighted by molar-refractivity contribution is 5.98. The molecular formula is C13H19NO2. The monoisotopic (exact) mass is 221 g/mol. The largest absolute Gasteiger partial charge is 0.494 e. The molecule has 0 aliphatic carbocycles. The van der Waals surface area contributed by atoms with Gasteiger partial charge in [0.05, 0.1) is 12.3 Å². The zero-order valence-corrected chi connectivity index (χ0v) is 10.1. The van der Waals surface area contributed by atoms with Gasteiger partial charge in [0.2, 0.25) is 0 Å². The number of hydrogen-bond acceptors (Lipinski definition) is 3. The van der Waals surface area contributed by atoms with Crippen LogP contribution in [0.15, 0.2) is 29.4 Å². The quantitative estimate of drug-likeness (QED) is 0.471. The molecule has 0 heterocycles. The SMILES string of the molecule is C/C(=N\O)c1ccc(OCCC(C)C)cc1. The Hall–Kier alpha value is -1.51. The Labute approximate surface area is 96.7 Å². The van der Waals surface area contributed by atoms with Gasteiger partial charge < -0.3 is 9.94 Å². The van der Waals surface area contributed by atoms with Crippen molar-refractivity contribution < 1.29 is 9.94 Å². The second kappa shape index (κ2) is 6.16. The van der Waals surface area contributed by atoms with E-state index in [0.717, 1.165) is 24.3 Å². The second-order valence-electron chi connectivity index (χ2n) is 4.24. The predicted octanol–water partition coefficient (Wildman–Crippen LogP) is 3.31.